The number of hydrogen-bond donors (Lipinski definition) is 7. The fourth-order valence-electron chi connectivity index (χ4n) is 7.77. The van der Waals surface area contributed by atoms with Crippen LogP contribution in [0.5, 0.6) is 5.75 Å². The van der Waals surface area contributed by atoms with Crippen LogP contribution in [0.15, 0.2) is 24.3 Å². The normalized spacial score (nSPS) is 12.5. The summed E-state index contributed by atoms with van der Waals surface area (Å²) in [6.07, 6.45) is 27.5. The average molecular weight is 1020 g/mol. The number of unbranched alkanes of at least 4 members (excludes halogenated alkanes) is 18. The third kappa shape index (κ3) is 41.3. The van der Waals surface area contributed by atoms with Gasteiger partial charge in [0.1, 0.15) is 18.4 Å². The van der Waals surface area contributed by atoms with Gasteiger partial charge in [0.25, 0.3) is 0 Å². The molecule has 8 N–H and O–H groups in total. The van der Waals surface area contributed by atoms with Gasteiger partial charge in [-0.2, -0.15) is 0 Å². The lowest BCUT2D eigenvalue weighted by atomic mass is 10.0. The molecular formula is C54H94N5O13. The third-order valence-electron chi connectivity index (χ3n) is 12.1. The van der Waals surface area contributed by atoms with Crippen molar-refractivity contribution in [2.45, 2.75) is 192 Å². The molecule has 1 rings (SSSR count). The van der Waals surface area contributed by atoms with E-state index in [9.17, 15) is 33.9 Å². The summed E-state index contributed by atoms with van der Waals surface area (Å²) in [4.78, 5) is 70.2. The Bertz CT molecular complexity index is 1520. The maximum Gasteiger partial charge on any atom is 0.335 e. The van der Waals surface area contributed by atoms with E-state index in [4.69, 9.17) is 34.5 Å². The molecule has 1 aromatic carbocycles. The Labute approximate surface area is 431 Å². The van der Waals surface area contributed by atoms with Crippen LogP contribution in [0.4, 0.5) is 0 Å². The minimum Gasteiger partial charge on any atom is -0.494 e. The van der Waals surface area contributed by atoms with Crippen LogP contribution < -0.4 is 31.7 Å². The second-order valence-electron chi connectivity index (χ2n) is 18.5. The van der Waals surface area contributed by atoms with E-state index < -0.39 is 24.0 Å². The number of carboxylic acids is 2. The molecule has 0 fully saturated rings. The number of ether oxygens (including phenoxy) is 5. The molecule has 18 nitrogen and oxygen atoms in total. The molecule has 18 heteroatoms. The van der Waals surface area contributed by atoms with E-state index in [-0.39, 0.29) is 81.6 Å². The Kier molecular flexibility index (Phi) is 43.7. The van der Waals surface area contributed by atoms with E-state index in [1.54, 1.807) is 12.1 Å². The van der Waals surface area contributed by atoms with Gasteiger partial charge in [0.2, 0.25) is 24.0 Å². The summed E-state index contributed by atoms with van der Waals surface area (Å²) < 4.78 is 28.4. The number of benzene rings is 1. The molecule has 0 bridgehead atoms. The number of aromatic carboxylic acids is 1. The van der Waals surface area contributed by atoms with Crippen molar-refractivity contribution in [2.75, 3.05) is 79.0 Å². The summed E-state index contributed by atoms with van der Waals surface area (Å²) in [5, 5.41) is 30.0. The zero-order valence-corrected chi connectivity index (χ0v) is 43.9. The number of rotatable bonds is 53. The highest BCUT2D eigenvalue weighted by atomic mass is 16.5. The Balaban J connectivity index is 2.06. The van der Waals surface area contributed by atoms with Gasteiger partial charge >= 0.3 is 11.9 Å². The van der Waals surface area contributed by atoms with Crippen LogP contribution in [0.3, 0.4) is 0 Å². The molecule has 0 aromatic heterocycles. The van der Waals surface area contributed by atoms with Gasteiger partial charge in [0.05, 0.1) is 64.0 Å². The molecule has 0 saturated heterocycles. The van der Waals surface area contributed by atoms with Crippen molar-refractivity contribution < 1.29 is 62.7 Å². The van der Waals surface area contributed by atoms with Crippen LogP contribution in [0.25, 0.3) is 0 Å². The second kappa shape index (κ2) is 47.8. The van der Waals surface area contributed by atoms with Gasteiger partial charge in [-0.1, -0.05) is 122 Å². The minimum atomic E-state index is -1.19. The lowest BCUT2D eigenvalue weighted by Crippen LogP contribution is -2.41. The summed E-state index contributed by atoms with van der Waals surface area (Å²) in [5.74, 6) is -2.51. The van der Waals surface area contributed by atoms with Gasteiger partial charge in [-0.15, -0.1) is 0 Å². The van der Waals surface area contributed by atoms with E-state index >= 15 is 0 Å². The third-order valence-corrected chi connectivity index (χ3v) is 12.1. The van der Waals surface area contributed by atoms with E-state index in [1.807, 2.05) is 6.29 Å². The van der Waals surface area contributed by atoms with E-state index in [0.717, 1.165) is 77.3 Å². The Morgan fingerprint density at radius 3 is 1.74 bits per heavy atom. The highest BCUT2D eigenvalue weighted by molar-refractivity contribution is 5.87. The fourth-order valence-corrected chi connectivity index (χ4v) is 7.77. The van der Waals surface area contributed by atoms with Crippen LogP contribution in [-0.4, -0.2) is 143 Å². The van der Waals surface area contributed by atoms with Gasteiger partial charge in [0, 0.05) is 32.5 Å². The Morgan fingerprint density at radius 1 is 0.569 bits per heavy atom. The molecular weight excluding hydrogens is 927 g/mol. The minimum absolute atomic E-state index is 0.0391. The molecule has 1 aromatic rings. The van der Waals surface area contributed by atoms with Crippen molar-refractivity contribution in [1.29, 1.82) is 0 Å². The van der Waals surface area contributed by atoms with Crippen LogP contribution in [-0.2, 0) is 42.9 Å². The Morgan fingerprint density at radius 2 is 1.12 bits per heavy atom. The highest BCUT2D eigenvalue weighted by Gasteiger charge is 2.21. The van der Waals surface area contributed by atoms with Crippen molar-refractivity contribution in [3.8, 4) is 5.75 Å². The monoisotopic (exact) mass is 1020 g/mol. The number of nitrogens with one attached hydrogen (secondary N) is 4. The predicted octanol–water partition coefficient (Wildman–Crippen LogP) is 7.19. The first-order valence-electron chi connectivity index (χ1n) is 27.3. The van der Waals surface area contributed by atoms with Crippen LogP contribution >= 0.6 is 0 Å². The smallest absolute Gasteiger partial charge is 0.335 e. The van der Waals surface area contributed by atoms with Crippen molar-refractivity contribution in [3.05, 3.63) is 29.8 Å². The van der Waals surface area contributed by atoms with E-state index in [1.165, 1.54) is 82.8 Å². The molecule has 3 amide bonds. The zero-order chi connectivity index (χ0) is 52.5. The molecule has 3 atom stereocenters. The molecule has 72 heavy (non-hydrogen) atoms. The van der Waals surface area contributed by atoms with Gasteiger partial charge < -0.3 is 60.9 Å². The first-order valence-corrected chi connectivity index (χ1v) is 27.3. The second-order valence-corrected chi connectivity index (χ2v) is 18.5. The molecule has 0 aliphatic heterocycles. The average Bonchev–Trinajstić information content (AvgIpc) is 3.37. The number of carbonyl (C=O) groups is 5. The number of nitrogens with two attached hydrogens (primary N) is 1. The first kappa shape index (κ1) is 65.8. The summed E-state index contributed by atoms with van der Waals surface area (Å²) in [6.45, 7) is 6.66. The standard InChI is InChI=1S/C54H94N5O13/c1-2-3-4-5-6-7-8-9-10-12-15-18-24-48(42-56-32-21-20-23-46(55)43-60)72-41-40-69-37-34-58-52(63)44-70-39-38-68-36-33-57-50(61)31-30-49(54(66)67)59-51(62)25-19-16-13-11-14-17-22-35-71-47-28-26-45(27-29-47)53(64)65/h26-29,46,48-49,56H,2-25,30-42,44,55H2,1H3,(H,57,61)(H,58,63)(H,59,62)(H,64,65)(H,66,67)/t46-,48?,49-/m0/s1. The van der Waals surface area contributed by atoms with Crippen molar-refractivity contribution in [3.63, 3.8) is 0 Å². The molecule has 0 aliphatic carbocycles. The van der Waals surface area contributed by atoms with Gasteiger partial charge in [-0.25, -0.2) is 9.59 Å². The quantitative estimate of drug-likeness (QED) is 0.0319. The van der Waals surface area contributed by atoms with Gasteiger partial charge in [-0.3, -0.25) is 19.2 Å². The molecule has 0 aliphatic rings. The highest BCUT2D eigenvalue weighted by Crippen LogP contribution is 2.16. The van der Waals surface area contributed by atoms with E-state index in [0.29, 0.717) is 51.6 Å². The van der Waals surface area contributed by atoms with Crippen molar-refractivity contribution in [1.82, 2.24) is 21.3 Å². The summed E-state index contributed by atoms with van der Waals surface area (Å²) >= 11 is 0. The molecule has 413 valence electrons. The molecule has 0 saturated carbocycles. The number of carbonyl (C=O) groups excluding carboxylic acids is 4. The van der Waals surface area contributed by atoms with Gasteiger partial charge in [-0.05, 0) is 69.3 Å². The maximum absolute atomic E-state index is 12.4. The number of aliphatic carboxylic acids is 1. The molecule has 0 heterocycles. The lowest BCUT2D eigenvalue weighted by Gasteiger charge is -2.19. The number of hydrogen-bond acceptors (Lipinski definition) is 13. The Hall–Kier alpha value is -4.20. The molecule has 0 spiro atoms. The number of carboxylic acid groups (broad SMARTS) is 2. The van der Waals surface area contributed by atoms with Crippen molar-refractivity contribution >= 4 is 35.9 Å². The van der Waals surface area contributed by atoms with Crippen LogP contribution in [0.1, 0.15) is 184 Å². The van der Waals surface area contributed by atoms with Crippen LogP contribution in [0, 0.1) is 0 Å². The summed E-state index contributed by atoms with van der Waals surface area (Å²) in [5.41, 5.74) is 5.86. The summed E-state index contributed by atoms with van der Waals surface area (Å²) in [7, 11) is 0. The molecule has 1 radical (unpaired) electrons. The zero-order valence-electron chi connectivity index (χ0n) is 43.9. The summed E-state index contributed by atoms with van der Waals surface area (Å²) in [6, 6.07) is 4.65. The first-order chi connectivity index (χ1) is 35.0. The largest absolute Gasteiger partial charge is 0.494 e. The van der Waals surface area contributed by atoms with Crippen molar-refractivity contribution in [2.24, 2.45) is 5.73 Å². The molecule has 1 unspecified atom stereocenters. The topological polar surface area (TPSA) is 263 Å². The lowest BCUT2D eigenvalue weighted by molar-refractivity contribution is -0.142. The van der Waals surface area contributed by atoms with Crippen LogP contribution in [0.2, 0.25) is 0 Å². The SMILES string of the molecule is CCCCCCCCCCCCCCC(CNCCCC[C@H](N)[C]=O)OCCOCCNC(=O)COCCOCCNC(=O)CC[C@H](NC(=O)CCCCCCCCCOc1ccc(C(=O)O)cc1)C(=O)O. The predicted molar refractivity (Wildman–Crippen MR) is 279 cm³/mol. The number of amides is 3. The van der Waals surface area contributed by atoms with Gasteiger partial charge in [0.15, 0.2) is 0 Å². The maximum atomic E-state index is 12.4. The fraction of sp³-hybridized carbons (Fsp3) is 0.778. The van der Waals surface area contributed by atoms with E-state index in [2.05, 4.69) is 28.2 Å².